The van der Waals surface area contributed by atoms with E-state index in [1.54, 1.807) is 4.90 Å². The molecule has 1 atom stereocenters. The predicted octanol–water partition coefficient (Wildman–Crippen LogP) is 2.09. The fourth-order valence-electron chi connectivity index (χ4n) is 2.62. The SMILES string of the molecule is COc1ncc(C(=O)N2CCOC(c3ccccc3)CC2)cn1. The summed E-state index contributed by atoms with van der Waals surface area (Å²) in [6.07, 6.45) is 3.79. The lowest BCUT2D eigenvalue weighted by atomic mass is 10.1. The molecule has 0 radical (unpaired) electrons. The molecule has 0 bridgehead atoms. The van der Waals surface area contributed by atoms with Gasteiger partial charge in [-0.3, -0.25) is 4.79 Å². The summed E-state index contributed by atoms with van der Waals surface area (Å²) in [5.74, 6) is -0.0787. The number of benzene rings is 1. The quantitative estimate of drug-likeness (QED) is 0.868. The third kappa shape index (κ3) is 3.65. The van der Waals surface area contributed by atoms with Crippen molar-refractivity contribution < 1.29 is 14.3 Å². The van der Waals surface area contributed by atoms with Crippen LogP contribution in [-0.4, -0.2) is 47.6 Å². The lowest BCUT2D eigenvalue weighted by Gasteiger charge is -2.19. The number of carbonyl (C=O) groups is 1. The molecule has 1 aliphatic rings. The van der Waals surface area contributed by atoms with Gasteiger partial charge >= 0.3 is 6.01 Å². The van der Waals surface area contributed by atoms with E-state index in [9.17, 15) is 4.79 Å². The van der Waals surface area contributed by atoms with Crippen LogP contribution in [0.3, 0.4) is 0 Å². The Bertz CT molecular complexity index is 646. The summed E-state index contributed by atoms with van der Waals surface area (Å²) in [5, 5.41) is 0. The summed E-state index contributed by atoms with van der Waals surface area (Å²) < 4.78 is 10.8. The van der Waals surface area contributed by atoms with E-state index in [1.807, 2.05) is 18.2 Å². The topological polar surface area (TPSA) is 64.5 Å². The van der Waals surface area contributed by atoms with Crippen molar-refractivity contribution in [1.82, 2.24) is 14.9 Å². The normalized spacial score (nSPS) is 18.3. The minimum atomic E-state index is -0.0787. The van der Waals surface area contributed by atoms with Crippen molar-refractivity contribution in [2.24, 2.45) is 0 Å². The fraction of sp³-hybridized carbons (Fsp3) is 0.353. The van der Waals surface area contributed by atoms with E-state index in [-0.39, 0.29) is 18.0 Å². The van der Waals surface area contributed by atoms with E-state index < -0.39 is 0 Å². The smallest absolute Gasteiger partial charge is 0.316 e. The van der Waals surface area contributed by atoms with Crippen LogP contribution in [0, 0.1) is 0 Å². The summed E-state index contributed by atoms with van der Waals surface area (Å²) >= 11 is 0. The van der Waals surface area contributed by atoms with Gasteiger partial charge in [0.05, 0.1) is 25.4 Å². The Morgan fingerprint density at radius 3 is 2.65 bits per heavy atom. The minimum Gasteiger partial charge on any atom is -0.467 e. The molecule has 6 heteroatoms. The van der Waals surface area contributed by atoms with Gasteiger partial charge < -0.3 is 14.4 Å². The number of methoxy groups -OCH3 is 1. The van der Waals surface area contributed by atoms with Gasteiger partial charge in [-0.15, -0.1) is 0 Å². The van der Waals surface area contributed by atoms with Crippen molar-refractivity contribution in [2.45, 2.75) is 12.5 Å². The van der Waals surface area contributed by atoms with Crippen LogP contribution in [0.25, 0.3) is 0 Å². The first kappa shape index (κ1) is 15.4. The summed E-state index contributed by atoms with van der Waals surface area (Å²) in [5.41, 5.74) is 1.61. The van der Waals surface area contributed by atoms with Gasteiger partial charge in [-0.2, -0.15) is 0 Å². The Morgan fingerprint density at radius 2 is 1.96 bits per heavy atom. The second-order valence-corrected chi connectivity index (χ2v) is 5.31. The highest BCUT2D eigenvalue weighted by molar-refractivity contribution is 5.93. The Morgan fingerprint density at radius 1 is 1.22 bits per heavy atom. The third-order valence-electron chi connectivity index (χ3n) is 3.86. The van der Waals surface area contributed by atoms with Crippen molar-refractivity contribution in [3.8, 4) is 6.01 Å². The average Bonchev–Trinajstić information content (AvgIpc) is 2.88. The number of ether oxygens (including phenoxy) is 2. The van der Waals surface area contributed by atoms with Gasteiger partial charge in [-0.1, -0.05) is 30.3 Å². The minimum absolute atomic E-state index is 0.0288. The molecule has 1 aromatic heterocycles. The Hall–Kier alpha value is -2.47. The molecule has 23 heavy (non-hydrogen) atoms. The summed E-state index contributed by atoms with van der Waals surface area (Å²) in [4.78, 5) is 22.3. The molecule has 0 saturated carbocycles. The summed E-state index contributed by atoms with van der Waals surface area (Å²) in [7, 11) is 1.49. The first-order valence-corrected chi connectivity index (χ1v) is 7.60. The summed E-state index contributed by atoms with van der Waals surface area (Å²) in [6.45, 7) is 1.72. The van der Waals surface area contributed by atoms with Crippen molar-refractivity contribution in [1.29, 1.82) is 0 Å². The highest BCUT2D eigenvalue weighted by Crippen LogP contribution is 2.24. The molecular weight excluding hydrogens is 294 g/mol. The molecule has 0 aliphatic carbocycles. The Balaban J connectivity index is 1.66. The standard InChI is InChI=1S/C17H19N3O3/c1-22-17-18-11-14(12-19-17)16(21)20-8-7-15(23-10-9-20)13-5-3-2-4-6-13/h2-6,11-12,15H,7-10H2,1H3. The van der Waals surface area contributed by atoms with E-state index in [4.69, 9.17) is 9.47 Å². The van der Waals surface area contributed by atoms with E-state index >= 15 is 0 Å². The second kappa shape index (κ2) is 7.19. The zero-order chi connectivity index (χ0) is 16.1. The van der Waals surface area contributed by atoms with Gasteiger partial charge in [0.1, 0.15) is 0 Å². The molecule has 1 saturated heterocycles. The van der Waals surface area contributed by atoms with Gasteiger partial charge in [0, 0.05) is 25.5 Å². The number of hydrogen-bond acceptors (Lipinski definition) is 5. The predicted molar refractivity (Wildman–Crippen MR) is 84.2 cm³/mol. The van der Waals surface area contributed by atoms with Crippen LogP contribution < -0.4 is 4.74 Å². The van der Waals surface area contributed by atoms with Crippen molar-refractivity contribution in [3.63, 3.8) is 0 Å². The van der Waals surface area contributed by atoms with Crippen LogP contribution in [0.4, 0.5) is 0 Å². The molecule has 6 nitrogen and oxygen atoms in total. The number of amides is 1. The molecule has 0 spiro atoms. The maximum atomic E-state index is 12.5. The van der Waals surface area contributed by atoms with Gasteiger partial charge in [0.15, 0.2) is 0 Å². The lowest BCUT2D eigenvalue weighted by Crippen LogP contribution is -2.33. The van der Waals surface area contributed by atoms with Gasteiger partial charge in [0.2, 0.25) is 0 Å². The van der Waals surface area contributed by atoms with Crippen LogP contribution in [0.15, 0.2) is 42.7 Å². The second-order valence-electron chi connectivity index (χ2n) is 5.31. The lowest BCUT2D eigenvalue weighted by molar-refractivity contribution is 0.0585. The van der Waals surface area contributed by atoms with Gasteiger partial charge in [-0.05, 0) is 12.0 Å². The molecule has 3 rings (SSSR count). The number of hydrogen-bond donors (Lipinski definition) is 0. The zero-order valence-corrected chi connectivity index (χ0v) is 13.0. The molecule has 1 fully saturated rings. The van der Waals surface area contributed by atoms with E-state index in [2.05, 4.69) is 22.1 Å². The van der Waals surface area contributed by atoms with Crippen molar-refractivity contribution in [3.05, 3.63) is 53.9 Å². The largest absolute Gasteiger partial charge is 0.467 e. The van der Waals surface area contributed by atoms with E-state index in [0.717, 1.165) is 12.0 Å². The molecule has 2 heterocycles. The first-order chi connectivity index (χ1) is 11.3. The Kier molecular flexibility index (Phi) is 4.83. The number of carbonyl (C=O) groups excluding carboxylic acids is 1. The van der Waals surface area contributed by atoms with Gasteiger partial charge in [-0.25, -0.2) is 9.97 Å². The fourth-order valence-corrected chi connectivity index (χ4v) is 2.62. The number of aromatic nitrogens is 2. The molecule has 1 unspecified atom stereocenters. The Labute approximate surface area is 135 Å². The molecule has 1 amide bonds. The van der Waals surface area contributed by atoms with Crippen molar-refractivity contribution in [2.75, 3.05) is 26.8 Å². The highest BCUT2D eigenvalue weighted by atomic mass is 16.5. The molecule has 0 N–H and O–H groups in total. The monoisotopic (exact) mass is 313 g/mol. The number of rotatable bonds is 3. The third-order valence-corrected chi connectivity index (χ3v) is 3.86. The van der Waals surface area contributed by atoms with Crippen LogP contribution in [0.1, 0.15) is 28.4 Å². The molecular formula is C17H19N3O3. The van der Waals surface area contributed by atoms with Crippen LogP contribution in [-0.2, 0) is 4.74 Å². The maximum absolute atomic E-state index is 12.5. The molecule has 1 aliphatic heterocycles. The van der Waals surface area contributed by atoms with Crippen LogP contribution in [0.5, 0.6) is 6.01 Å². The van der Waals surface area contributed by atoms with E-state index in [0.29, 0.717) is 25.3 Å². The van der Waals surface area contributed by atoms with E-state index in [1.165, 1.54) is 19.5 Å². The molecule has 2 aromatic rings. The average molecular weight is 313 g/mol. The van der Waals surface area contributed by atoms with Gasteiger partial charge in [0.25, 0.3) is 5.91 Å². The first-order valence-electron chi connectivity index (χ1n) is 7.60. The van der Waals surface area contributed by atoms with Crippen LogP contribution >= 0.6 is 0 Å². The number of nitrogens with zero attached hydrogens (tertiary/aromatic N) is 3. The summed E-state index contributed by atoms with van der Waals surface area (Å²) in [6, 6.07) is 10.4. The molecule has 120 valence electrons. The zero-order valence-electron chi connectivity index (χ0n) is 13.0. The maximum Gasteiger partial charge on any atom is 0.316 e. The van der Waals surface area contributed by atoms with Crippen LogP contribution in [0.2, 0.25) is 0 Å². The highest BCUT2D eigenvalue weighted by Gasteiger charge is 2.23. The molecule has 1 aromatic carbocycles. The van der Waals surface area contributed by atoms with Crippen molar-refractivity contribution >= 4 is 5.91 Å².